The van der Waals surface area contributed by atoms with Gasteiger partial charge in [-0.2, -0.15) is 5.10 Å². The Kier molecular flexibility index (Phi) is 7.94. The van der Waals surface area contributed by atoms with E-state index in [4.69, 9.17) is 11.6 Å². The van der Waals surface area contributed by atoms with E-state index in [-0.39, 0.29) is 40.2 Å². The molecule has 0 saturated carbocycles. The number of nitrogens with one attached hydrogen (secondary N) is 2. The summed E-state index contributed by atoms with van der Waals surface area (Å²) in [7, 11) is -1.38. The fraction of sp³-hybridized carbons (Fsp3) is 0.370. The molecular weight excluding hydrogens is 527 g/mol. The SMILES string of the molecule is CC(C)c1ccc(N[C@H](C)[C@H](C)CS(C)(=O)=O)c2cnc(Nc3ccnc(-c4cn(C)nc4Cl)c3F)cc12. The van der Waals surface area contributed by atoms with Crippen LogP contribution in [-0.4, -0.2) is 46.2 Å². The van der Waals surface area contributed by atoms with E-state index in [0.29, 0.717) is 11.4 Å². The van der Waals surface area contributed by atoms with Crippen molar-refractivity contribution in [3.05, 3.63) is 59.4 Å². The van der Waals surface area contributed by atoms with Gasteiger partial charge in [0.25, 0.3) is 0 Å². The Morgan fingerprint density at radius 2 is 1.82 bits per heavy atom. The van der Waals surface area contributed by atoms with Gasteiger partial charge in [0.2, 0.25) is 0 Å². The molecule has 0 bridgehead atoms. The van der Waals surface area contributed by atoms with Crippen LogP contribution in [0.15, 0.2) is 42.9 Å². The van der Waals surface area contributed by atoms with Crippen molar-refractivity contribution in [2.24, 2.45) is 13.0 Å². The maximum Gasteiger partial charge on any atom is 0.173 e. The zero-order valence-corrected chi connectivity index (χ0v) is 23.8. The van der Waals surface area contributed by atoms with Crippen LogP contribution >= 0.6 is 11.6 Å². The Balaban J connectivity index is 1.69. The Hall–Kier alpha value is -3.24. The minimum absolute atomic E-state index is 0.0840. The predicted octanol–water partition coefficient (Wildman–Crippen LogP) is 6.17. The van der Waals surface area contributed by atoms with Crippen LogP contribution in [0, 0.1) is 11.7 Å². The van der Waals surface area contributed by atoms with E-state index in [2.05, 4.69) is 45.6 Å². The van der Waals surface area contributed by atoms with Gasteiger partial charge in [0.05, 0.1) is 17.0 Å². The summed E-state index contributed by atoms with van der Waals surface area (Å²) < 4.78 is 40.5. The zero-order valence-electron chi connectivity index (χ0n) is 22.3. The first-order valence-electron chi connectivity index (χ1n) is 12.3. The normalized spacial score (nSPS) is 13.6. The predicted molar refractivity (Wildman–Crippen MR) is 152 cm³/mol. The maximum absolute atomic E-state index is 15.5. The first-order valence-corrected chi connectivity index (χ1v) is 14.8. The van der Waals surface area contributed by atoms with Crippen LogP contribution in [0.1, 0.15) is 39.2 Å². The van der Waals surface area contributed by atoms with Gasteiger partial charge in [-0.05, 0) is 47.9 Å². The number of rotatable bonds is 9. The minimum atomic E-state index is -3.09. The number of aromatic nitrogens is 4. The Bertz CT molecular complexity index is 1590. The van der Waals surface area contributed by atoms with E-state index in [9.17, 15) is 8.42 Å². The lowest BCUT2D eigenvalue weighted by atomic mass is 9.95. The second-order valence-electron chi connectivity index (χ2n) is 10.1. The largest absolute Gasteiger partial charge is 0.382 e. The molecule has 0 aliphatic rings. The summed E-state index contributed by atoms with van der Waals surface area (Å²) in [4.78, 5) is 8.73. The molecule has 0 spiro atoms. The van der Waals surface area contributed by atoms with Crippen molar-refractivity contribution in [3.63, 3.8) is 0 Å². The highest BCUT2D eigenvalue weighted by Crippen LogP contribution is 2.35. The van der Waals surface area contributed by atoms with E-state index in [0.717, 1.165) is 22.0 Å². The van der Waals surface area contributed by atoms with Gasteiger partial charge in [-0.25, -0.2) is 17.8 Å². The van der Waals surface area contributed by atoms with Crippen molar-refractivity contribution in [1.82, 2.24) is 19.7 Å². The number of fused-ring (bicyclic) bond motifs is 1. The second kappa shape index (κ2) is 10.9. The average molecular weight is 559 g/mol. The molecule has 0 aliphatic carbocycles. The van der Waals surface area contributed by atoms with Gasteiger partial charge in [-0.15, -0.1) is 0 Å². The summed E-state index contributed by atoms with van der Waals surface area (Å²) >= 11 is 6.17. The molecule has 4 rings (SSSR count). The number of aryl methyl sites for hydroxylation is 1. The number of hydrogen-bond acceptors (Lipinski definition) is 7. The highest BCUT2D eigenvalue weighted by Gasteiger charge is 2.20. The molecule has 0 amide bonds. The molecule has 11 heteroatoms. The lowest BCUT2D eigenvalue weighted by Gasteiger charge is -2.24. The molecule has 8 nitrogen and oxygen atoms in total. The third-order valence-corrected chi connectivity index (χ3v) is 7.96. The number of benzene rings is 1. The average Bonchev–Trinajstić information content (AvgIpc) is 3.16. The van der Waals surface area contributed by atoms with Crippen molar-refractivity contribution in [2.45, 2.75) is 39.7 Å². The maximum atomic E-state index is 15.5. The number of anilines is 3. The summed E-state index contributed by atoms with van der Waals surface area (Å²) in [5, 5.41) is 12.7. The van der Waals surface area contributed by atoms with E-state index < -0.39 is 15.7 Å². The number of halogens is 2. The third-order valence-electron chi connectivity index (χ3n) is 6.55. The minimum Gasteiger partial charge on any atom is -0.382 e. The molecule has 4 aromatic rings. The van der Waals surface area contributed by atoms with Gasteiger partial charge in [0, 0.05) is 49.0 Å². The van der Waals surface area contributed by atoms with Crippen LogP contribution in [0.5, 0.6) is 0 Å². The molecule has 3 heterocycles. The van der Waals surface area contributed by atoms with E-state index in [1.165, 1.54) is 17.1 Å². The monoisotopic (exact) mass is 558 g/mol. The van der Waals surface area contributed by atoms with Gasteiger partial charge in [-0.3, -0.25) is 9.67 Å². The van der Waals surface area contributed by atoms with Crippen molar-refractivity contribution in [1.29, 1.82) is 0 Å². The molecule has 0 radical (unpaired) electrons. The molecule has 0 aliphatic heterocycles. The van der Waals surface area contributed by atoms with Crippen LogP contribution in [-0.2, 0) is 16.9 Å². The Morgan fingerprint density at radius 3 is 2.45 bits per heavy atom. The van der Waals surface area contributed by atoms with Crippen LogP contribution < -0.4 is 10.6 Å². The fourth-order valence-electron chi connectivity index (χ4n) is 4.45. The first-order chi connectivity index (χ1) is 17.8. The highest BCUT2D eigenvalue weighted by atomic mass is 35.5. The van der Waals surface area contributed by atoms with Crippen LogP contribution in [0.4, 0.5) is 21.6 Å². The third kappa shape index (κ3) is 6.07. The molecule has 3 aromatic heterocycles. The van der Waals surface area contributed by atoms with E-state index >= 15 is 4.39 Å². The first kappa shape index (κ1) is 27.8. The molecule has 0 saturated heterocycles. The molecule has 1 aromatic carbocycles. The smallest absolute Gasteiger partial charge is 0.173 e. The lowest BCUT2D eigenvalue weighted by Crippen LogP contribution is -2.29. The molecule has 202 valence electrons. The highest BCUT2D eigenvalue weighted by molar-refractivity contribution is 7.90. The lowest BCUT2D eigenvalue weighted by molar-refractivity contribution is 0.538. The van der Waals surface area contributed by atoms with Gasteiger partial charge in [0.15, 0.2) is 11.0 Å². The molecule has 2 atom stereocenters. The van der Waals surface area contributed by atoms with Crippen molar-refractivity contribution < 1.29 is 12.8 Å². The molecule has 2 N–H and O–H groups in total. The van der Waals surface area contributed by atoms with E-state index in [1.54, 1.807) is 25.5 Å². The van der Waals surface area contributed by atoms with Crippen LogP contribution in [0.2, 0.25) is 5.15 Å². The van der Waals surface area contributed by atoms with Crippen molar-refractivity contribution in [3.8, 4) is 11.3 Å². The van der Waals surface area contributed by atoms with Gasteiger partial charge in [0.1, 0.15) is 21.3 Å². The quantitative estimate of drug-likeness (QED) is 0.253. The van der Waals surface area contributed by atoms with Gasteiger partial charge >= 0.3 is 0 Å². The molecule has 0 unspecified atom stereocenters. The molecular formula is C27H32ClFN6O2S. The standard InChI is InChI=1S/C27H32ClFN6O2S/c1-15(2)18-7-8-22(32-17(4)16(3)14-38(6,36)37)20-12-31-24(11-19(18)20)33-23-9-10-30-26(25(23)29)21-13-35(5)34-27(21)28/h7-13,15-17,32H,14H2,1-6H3,(H,30,31,33)/t16-,17-/m1/s1. The van der Waals surface area contributed by atoms with Crippen molar-refractivity contribution in [2.75, 3.05) is 22.6 Å². The summed E-state index contributed by atoms with van der Waals surface area (Å²) in [6, 6.07) is 7.42. The summed E-state index contributed by atoms with van der Waals surface area (Å²) in [6.07, 6.45) is 6.12. The fourth-order valence-corrected chi connectivity index (χ4v) is 5.96. The van der Waals surface area contributed by atoms with Gasteiger partial charge < -0.3 is 10.6 Å². The Labute approximate surface area is 227 Å². The summed E-state index contributed by atoms with van der Waals surface area (Å²) in [6.45, 7) is 8.11. The molecule has 38 heavy (non-hydrogen) atoms. The van der Waals surface area contributed by atoms with Gasteiger partial charge in [-0.1, -0.05) is 38.4 Å². The Morgan fingerprint density at radius 1 is 1.08 bits per heavy atom. The van der Waals surface area contributed by atoms with Crippen molar-refractivity contribution >= 4 is 49.4 Å². The number of hydrogen-bond donors (Lipinski definition) is 2. The number of sulfone groups is 1. The molecule has 0 fully saturated rings. The summed E-state index contributed by atoms with van der Waals surface area (Å²) in [5.74, 6) is 0.163. The number of pyridine rings is 2. The second-order valence-corrected chi connectivity index (χ2v) is 12.7. The zero-order chi connectivity index (χ0) is 27.8. The van der Waals surface area contributed by atoms with Crippen LogP contribution in [0.3, 0.4) is 0 Å². The summed E-state index contributed by atoms with van der Waals surface area (Å²) in [5.41, 5.74) is 2.69. The van der Waals surface area contributed by atoms with Crippen LogP contribution in [0.25, 0.3) is 22.0 Å². The number of nitrogens with zero attached hydrogens (tertiary/aromatic N) is 4. The topological polar surface area (TPSA) is 102 Å². The van der Waals surface area contributed by atoms with E-state index in [1.807, 2.05) is 26.0 Å².